The second-order valence-electron chi connectivity index (χ2n) is 3.97. The minimum absolute atomic E-state index is 0.0788. The predicted molar refractivity (Wildman–Crippen MR) is 68.7 cm³/mol. The molecule has 1 unspecified atom stereocenters. The van der Waals surface area contributed by atoms with E-state index in [-0.39, 0.29) is 17.2 Å². The number of piperidine rings is 1. The van der Waals surface area contributed by atoms with Crippen LogP contribution in [0.15, 0.2) is 0 Å². The van der Waals surface area contributed by atoms with Gasteiger partial charge in [-0.05, 0) is 24.9 Å². The van der Waals surface area contributed by atoms with Gasteiger partial charge in [0.15, 0.2) is 0 Å². The van der Waals surface area contributed by atoms with Crippen molar-refractivity contribution in [1.82, 2.24) is 20.3 Å². The van der Waals surface area contributed by atoms with E-state index < -0.39 is 0 Å². The van der Waals surface area contributed by atoms with Crippen LogP contribution in [0, 0.1) is 0 Å². The molecule has 0 radical (unpaired) electrons. The van der Waals surface area contributed by atoms with E-state index >= 15 is 0 Å². The van der Waals surface area contributed by atoms with Crippen LogP contribution in [-0.2, 0) is 4.79 Å². The van der Waals surface area contributed by atoms with Gasteiger partial charge in [-0.25, -0.2) is 0 Å². The molecule has 8 heteroatoms. The molecule has 1 fully saturated rings. The largest absolute Gasteiger partial charge is 0.354 e. The molecule has 0 spiro atoms. The zero-order valence-electron chi connectivity index (χ0n) is 10.0. The molecular formula is C10H15ClN6O. The summed E-state index contributed by atoms with van der Waals surface area (Å²) in [6.45, 7) is 3.22. The number of anilines is 2. The molecule has 1 aromatic rings. The van der Waals surface area contributed by atoms with Gasteiger partial charge in [-0.3, -0.25) is 4.79 Å². The lowest BCUT2D eigenvalue weighted by molar-refractivity contribution is -0.122. The molecule has 3 N–H and O–H groups in total. The molecule has 0 aromatic carbocycles. The van der Waals surface area contributed by atoms with Crippen molar-refractivity contribution in [1.29, 1.82) is 0 Å². The summed E-state index contributed by atoms with van der Waals surface area (Å²) < 4.78 is 0. The van der Waals surface area contributed by atoms with Crippen LogP contribution in [0.4, 0.5) is 11.9 Å². The summed E-state index contributed by atoms with van der Waals surface area (Å²) in [5.74, 6) is 0.946. The number of rotatable bonds is 4. The summed E-state index contributed by atoms with van der Waals surface area (Å²) >= 11 is 5.81. The topological polar surface area (TPSA) is 91.8 Å². The zero-order valence-corrected chi connectivity index (χ0v) is 10.8. The third-order valence-electron chi connectivity index (χ3n) is 2.54. The summed E-state index contributed by atoms with van der Waals surface area (Å²) in [6, 6.07) is 0.121. The molecule has 18 heavy (non-hydrogen) atoms. The Bertz CT molecular complexity index is 430. The first-order valence-electron chi connectivity index (χ1n) is 5.86. The fraction of sp³-hybridized carbons (Fsp3) is 0.600. The van der Waals surface area contributed by atoms with E-state index in [2.05, 4.69) is 30.9 Å². The van der Waals surface area contributed by atoms with Gasteiger partial charge >= 0.3 is 0 Å². The van der Waals surface area contributed by atoms with Crippen molar-refractivity contribution in [3.63, 3.8) is 0 Å². The maximum Gasteiger partial charge on any atom is 0.229 e. The molecule has 1 aromatic heterocycles. The highest BCUT2D eigenvalue weighted by Gasteiger charge is 2.18. The van der Waals surface area contributed by atoms with Crippen molar-refractivity contribution in [3.8, 4) is 0 Å². The highest BCUT2D eigenvalue weighted by Crippen LogP contribution is 2.13. The molecule has 2 heterocycles. The normalized spacial score (nSPS) is 19.2. The maximum atomic E-state index is 11.0. The van der Waals surface area contributed by atoms with Crippen LogP contribution in [-0.4, -0.2) is 40.0 Å². The first-order chi connectivity index (χ1) is 8.67. The van der Waals surface area contributed by atoms with Gasteiger partial charge < -0.3 is 16.0 Å². The summed E-state index contributed by atoms with van der Waals surface area (Å²) in [6.07, 6.45) is 1.27. The van der Waals surface area contributed by atoms with Gasteiger partial charge in [-0.2, -0.15) is 15.0 Å². The minimum Gasteiger partial charge on any atom is -0.354 e. The van der Waals surface area contributed by atoms with Crippen LogP contribution in [0.3, 0.4) is 0 Å². The SMILES string of the molecule is CCNc1nc(Cl)nc(NC2CCC(=O)NC2)n1. The molecule has 2 rings (SSSR count). The Morgan fingerprint density at radius 2 is 2.17 bits per heavy atom. The molecule has 0 aliphatic carbocycles. The molecule has 0 saturated carbocycles. The second-order valence-corrected chi connectivity index (χ2v) is 4.30. The highest BCUT2D eigenvalue weighted by molar-refractivity contribution is 6.28. The van der Waals surface area contributed by atoms with Crippen molar-refractivity contribution in [2.45, 2.75) is 25.8 Å². The summed E-state index contributed by atoms with van der Waals surface area (Å²) in [5, 5.41) is 9.04. The summed E-state index contributed by atoms with van der Waals surface area (Å²) in [7, 11) is 0. The lowest BCUT2D eigenvalue weighted by Crippen LogP contribution is -2.42. The lowest BCUT2D eigenvalue weighted by Gasteiger charge is -2.23. The van der Waals surface area contributed by atoms with Gasteiger partial charge in [-0.1, -0.05) is 0 Å². The molecule has 1 aliphatic heterocycles. The number of aromatic nitrogens is 3. The van der Waals surface area contributed by atoms with Crippen LogP contribution < -0.4 is 16.0 Å². The Morgan fingerprint density at radius 3 is 2.83 bits per heavy atom. The number of hydrogen-bond donors (Lipinski definition) is 3. The highest BCUT2D eigenvalue weighted by atomic mass is 35.5. The minimum atomic E-state index is 0.0788. The fourth-order valence-electron chi connectivity index (χ4n) is 1.69. The Balaban J connectivity index is 2.02. The number of carbonyl (C=O) groups excluding carboxylic acids is 1. The number of hydrogen-bond acceptors (Lipinski definition) is 6. The Hall–Kier alpha value is -1.63. The number of nitrogens with zero attached hydrogens (tertiary/aromatic N) is 3. The molecule has 7 nitrogen and oxygen atoms in total. The van der Waals surface area contributed by atoms with Crippen molar-refractivity contribution >= 4 is 29.4 Å². The van der Waals surface area contributed by atoms with E-state index in [0.717, 1.165) is 6.42 Å². The van der Waals surface area contributed by atoms with E-state index in [1.807, 2.05) is 6.92 Å². The first-order valence-corrected chi connectivity index (χ1v) is 6.24. The summed E-state index contributed by atoms with van der Waals surface area (Å²) in [5.41, 5.74) is 0. The van der Waals surface area contributed by atoms with Crippen molar-refractivity contribution in [2.24, 2.45) is 0 Å². The standard InChI is InChI=1S/C10H15ClN6O/c1-2-12-9-15-8(11)16-10(17-9)14-6-3-4-7(18)13-5-6/h6H,2-5H2,1H3,(H,13,18)(H2,12,14,15,16,17). The molecule has 98 valence electrons. The van der Waals surface area contributed by atoms with Crippen LogP contribution in [0.1, 0.15) is 19.8 Å². The Morgan fingerprint density at radius 1 is 1.39 bits per heavy atom. The van der Waals surface area contributed by atoms with Gasteiger partial charge in [0.05, 0.1) is 0 Å². The molecule has 1 saturated heterocycles. The monoisotopic (exact) mass is 270 g/mol. The molecule has 1 atom stereocenters. The van der Waals surface area contributed by atoms with Crippen LogP contribution in [0.2, 0.25) is 5.28 Å². The van der Waals surface area contributed by atoms with Gasteiger partial charge in [-0.15, -0.1) is 0 Å². The van der Waals surface area contributed by atoms with Crippen molar-refractivity contribution < 1.29 is 4.79 Å². The van der Waals surface area contributed by atoms with E-state index in [4.69, 9.17) is 11.6 Å². The van der Waals surface area contributed by atoms with Crippen LogP contribution in [0.25, 0.3) is 0 Å². The molecule has 1 amide bonds. The van der Waals surface area contributed by atoms with Gasteiger partial charge in [0.2, 0.25) is 23.1 Å². The summed E-state index contributed by atoms with van der Waals surface area (Å²) in [4.78, 5) is 23.2. The van der Waals surface area contributed by atoms with Gasteiger partial charge in [0.1, 0.15) is 0 Å². The first kappa shape index (κ1) is 12.8. The van der Waals surface area contributed by atoms with Gasteiger partial charge in [0, 0.05) is 25.6 Å². The van der Waals surface area contributed by atoms with E-state index in [1.54, 1.807) is 0 Å². The average molecular weight is 271 g/mol. The Kier molecular flexibility index (Phi) is 4.14. The van der Waals surface area contributed by atoms with E-state index in [0.29, 0.717) is 31.4 Å². The zero-order chi connectivity index (χ0) is 13.0. The van der Waals surface area contributed by atoms with Crippen LogP contribution in [0.5, 0.6) is 0 Å². The smallest absolute Gasteiger partial charge is 0.229 e. The second kappa shape index (κ2) is 5.81. The molecular weight excluding hydrogens is 256 g/mol. The van der Waals surface area contributed by atoms with Gasteiger partial charge in [0.25, 0.3) is 0 Å². The number of halogens is 1. The average Bonchev–Trinajstić information content (AvgIpc) is 2.32. The number of amides is 1. The molecule has 1 aliphatic rings. The van der Waals surface area contributed by atoms with Crippen LogP contribution >= 0.6 is 11.6 Å². The Labute approximate surface area is 110 Å². The lowest BCUT2D eigenvalue weighted by atomic mass is 10.1. The quantitative estimate of drug-likeness (QED) is 0.744. The third kappa shape index (κ3) is 3.43. The predicted octanol–water partition coefficient (Wildman–Crippen LogP) is 0.647. The maximum absolute atomic E-state index is 11.0. The van der Waals surface area contributed by atoms with E-state index in [9.17, 15) is 4.79 Å². The fourth-order valence-corrected chi connectivity index (χ4v) is 1.85. The van der Waals surface area contributed by atoms with Crippen molar-refractivity contribution in [2.75, 3.05) is 23.7 Å². The molecule has 0 bridgehead atoms. The number of nitrogens with one attached hydrogen (secondary N) is 3. The third-order valence-corrected chi connectivity index (χ3v) is 2.71. The van der Waals surface area contributed by atoms with E-state index in [1.165, 1.54) is 0 Å². The number of carbonyl (C=O) groups is 1. The van der Waals surface area contributed by atoms with Crippen molar-refractivity contribution in [3.05, 3.63) is 5.28 Å².